The summed E-state index contributed by atoms with van der Waals surface area (Å²) in [5, 5.41) is 0. The molecule has 0 amide bonds. The van der Waals surface area contributed by atoms with E-state index in [1.165, 1.54) is 12.3 Å². The van der Waals surface area contributed by atoms with Crippen molar-refractivity contribution in [1.29, 1.82) is 0 Å². The Kier molecular flexibility index (Phi) is 2.51. The van der Waals surface area contributed by atoms with E-state index < -0.39 is 11.9 Å². The van der Waals surface area contributed by atoms with Crippen LogP contribution < -0.4 is 0 Å². The Balaban J connectivity index is 2.01. The lowest BCUT2D eigenvalue weighted by Crippen LogP contribution is -2.07. The molecule has 3 aromatic rings. The molecular weight excluding hydrogens is 255 g/mol. The summed E-state index contributed by atoms with van der Waals surface area (Å²) < 4.78 is 39.0. The molecule has 96 valence electrons. The smallest absolute Gasteiger partial charge is 0.306 e. The zero-order valence-corrected chi connectivity index (χ0v) is 9.59. The molecule has 0 aliphatic carbocycles. The van der Waals surface area contributed by atoms with Crippen molar-refractivity contribution < 1.29 is 13.2 Å². The molecule has 6 heteroatoms. The lowest BCUT2D eigenvalue weighted by molar-refractivity contribution is -0.141. The number of nitrogens with zero attached hydrogens (tertiary/aromatic N) is 3. The number of fused-ring (bicyclic) bond motifs is 1. The van der Waals surface area contributed by atoms with Gasteiger partial charge in [0, 0.05) is 30.4 Å². The van der Waals surface area contributed by atoms with Crippen LogP contribution in [0.5, 0.6) is 0 Å². The Bertz CT molecular complexity index is 714. The molecule has 19 heavy (non-hydrogen) atoms. The second kappa shape index (κ2) is 4.08. The number of alkyl halides is 3. The summed E-state index contributed by atoms with van der Waals surface area (Å²) in [6, 6.07) is 5.99. The second-order valence-electron chi connectivity index (χ2n) is 4.04. The van der Waals surface area contributed by atoms with E-state index in [4.69, 9.17) is 0 Å². The first-order valence-corrected chi connectivity index (χ1v) is 5.50. The topological polar surface area (TPSA) is 30.2 Å². The quantitative estimate of drug-likeness (QED) is 0.673. The van der Waals surface area contributed by atoms with Crippen molar-refractivity contribution in [3.8, 4) is 11.1 Å². The van der Waals surface area contributed by atoms with Crippen LogP contribution in [0.1, 0.15) is 5.69 Å². The van der Waals surface area contributed by atoms with Gasteiger partial charge in [0.25, 0.3) is 0 Å². The van der Waals surface area contributed by atoms with Gasteiger partial charge in [-0.25, -0.2) is 4.98 Å². The minimum absolute atomic E-state index is 0.628. The van der Waals surface area contributed by atoms with Crippen molar-refractivity contribution >= 4 is 5.65 Å². The Hall–Kier alpha value is -2.37. The van der Waals surface area contributed by atoms with Gasteiger partial charge in [-0.1, -0.05) is 6.07 Å². The lowest BCUT2D eigenvalue weighted by atomic mass is 10.1. The van der Waals surface area contributed by atoms with E-state index >= 15 is 0 Å². The molecule has 0 bridgehead atoms. The molecule has 0 saturated carbocycles. The summed E-state index contributed by atoms with van der Waals surface area (Å²) in [5.41, 5.74) is 1.30. The van der Waals surface area contributed by atoms with Gasteiger partial charge < -0.3 is 4.40 Å². The van der Waals surface area contributed by atoms with Crippen LogP contribution in [0.4, 0.5) is 13.2 Å². The summed E-state index contributed by atoms with van der Waals surface area (Å²) in [7, 11) is 0. The Morgan fingerprint density at radius 1 is 0.947 bits per heavy atom. The van der Waals surface area contributed by atoms with Crippen LogP contribution in [-0.4, -0.2) is 14.4 Å². The van der Waals surface area contributed by atoms with Crippen LogP contribution >= 0.6 is 0 Å². The number of hydrogen-bond donors (Lipinski definition) is 0. The number of imidazole rings is 1. The molecule has 0 unspecified atom stereocenters. The van der Waals surface area contributed by atoms with Crippen molar-refractivity contribution in [2.75, 3.05) is 0 Å². The highest BCUT2D eigenvalue weighted by atomic mass is 19.4. The molecule has 0 aliphatic rings. The fraction of sp³-hybridized carbons (Fsp3) is 0.0769. The van der Waals surface area contributed by atoms with Crippen molar-refractivity contribution in [3.05, 3.63) is 54.7 Å². The summed E-state index contributed by atoms with van der Waals surface area (Å²) in [4.78, 5) is 7.54. The van der Waals surface area contributed by atoms with Gasteiger partial charge in [0.15, 0.2) is 0 Å². The molecule has 3 rings (SSSR count). The van der Waals surface area contributed by atoms with Gasteiger partial charge in [0.1, 0.15) is 11.3 Å². The van der Waals surface area contributed by atoms with Crippen LogP contribution in [0.2, 0.25) is 0 Å². The fourth-order valence-electron chi connectivity index (χ4n) is 1.82. The molecule has 3 nitrogen and oxygen atoms in total. The summed E-state index contributed by atoms with van der Waals surface area (Å²) in [6.45, 7) is 0. The molecule has 0 aliphatic heterocycles. The zero-order valence-electron chi connectivity index (χ0n) is 9.59. The van der Waals surface area contributed by atoms with Crippen LogP contribution in [0, 0.1) is 0 Å². The maximum absolute atomic E-state index is 12.4. The highest BCUT2D eigenvalue weighted by molar-refractivity contribution is 5.63. The lowest BCUT2D eigenvalue weighted by Gasteiger charge is -2.07. The van der Waals surface area contributed by atoms with Crippen molar-refractivity contribution in [1.82, 2.24) is 14.4 Å². The Labute approximate surface area is 106 Å². The number of rotatable bonds is 1. The molecule has 0 saturated heterocycles. The minimum Gasteiger partial charge on any atom is -0.306 e. The van der Waals surface area contributed by atoms with Gasteiger partial charge >= 0.3 is 6.18 Å². The molecule has 0 spiro atoms. The van der Waals surface area contributed by atoms with Crippen molar-refractivity contribution in [3.63, 3.8) is 0 Å². The summed E-state index contributed by atoms with van der Waals surface area (Å²) >= 11 is 0. The third-order valence-electron chi connectivity index (χ3n) is 2.78. The van der Waals surface area contributed by atoms with Gasteiger partial charge in [-0.2, -0.15) is 13.2 Å². The minimum atomic E-state index is -4.41. The maximum Gasteiger partial charge on any atom is 0.433 e. The Morgan fingerprint density at radius 2 is 1.74 bits per heavy atom. The van der Waals surface area contributed by atoms with Crippen LogP contribution in [0.15, 0.2) is 49.1 Å². The van der Waals surface area contributed by atoms with E-state index in [1.807, 2.05) is 0 Å². The number of halogens is 3. The van der Waals surface area contributed by atoms with E-state index in [1.54, 1.807) is 35.1 Å². The molecule has 3 aromatic heterocycles. The summed E-state index contributed by atoms with van der Waals surface area (Å²) in [6.07, 6.45) is 2.04. The van der Waals surface area contributed by atoms with Gasteiger partial charge in [-0.15, -0.1) is 0 Å². The van der Waals surface area contributed by atoms with E-state index in [0.717, 1.165) is 17.3 Å². The third-order valence-corrected chi connectivity index (χ3v) is 2.78. The van der Waals surface area contributed by atoms with Gasteiger partial charge in [0.05, 0.1) is 0 Å². The molecule has 0 fully saturated rings. The van der Waals surface area contributed by atoms with E-state index in [-0.39, 0.29) is 0 Å². The van der Waals surface area contributed by atoms with Gasteiger partial charge in [-0.3, -0.25) is 4.98 Å². The average molecular weight is 263 g/mol. The first-order chi connectivity index (χ1) is 9.04. The molecule has 0 radical (unpaired) electrons. The number of hydrogen-bond acceptors (Lipinski definition) is 2. The first kappa shape index (κ1) is 11.7. The number of aromatic nitrogens is 3. The van der Waals surface area contributed by atoms with Gasteiger partial charge in [0.2, 0.25) is 0 Å². The van der Waals surface area contributed by atoms with E-state index in [0.29, 0.717) is 5.56 Å². The fourth-order valence-corrected chi connectivity index (χ4v) is 1.82. The average Bonchev–Trinajstić information content (AvgIpc) is 2.85. The van der Waals surface area contributed by atoms with Gasteiger partial charge in [-0.05, 0) is 23.8 Å². The van der Waals surface area contributed by atoms with E-state index in [2.05, 4.69) is 9.97 Å². The van der Waals surface area contributed by atoms with Crippen LogP contribution in [0.3, 0.4) is 0 Å². The predicted molar refractivity (Wildman–Crippen MR) is 63.4 cm³/mol. The highest BCUT2D eigenvalue weighted by Crippen LogP contribution is 2.28. The van der Waals surface area contributed by atoms with Crippen LogP contribution in [-0.2, 0) is 6.18 Å². The second-order valence-corrected chi connectivity index (χ2v) is 4.04. The Morgan fingerprint density at radius 3 is 2.42 bits per heavy atom. The predicted octanol–water partition coefficient (Wildman–Crippen LogP) is 3.42. The third kappa shape index (κ3) is 2.16. The first-order valence-electron chi connectivity index (χ1n) is 5.50. The normalized spacial score (nSPS) is 11.9. The van der Waals surface area contributed by atoms with Crippen molar-refractivity contribution in [2.45, 2.75) is 6.18 Å². The monoisotopic (exact) mass is 263 g/mol. The van der Waals surface area contributed by atoms with Crippen LogP contribution in [0.25, 0.3) is 16.8 Å². The van der Waals surface area contributed by atoms with E-state index in [9.17, 15) is 13.2 Å². The molecular formula is C13H8F3N3. The van der Waals surface area contributed by atoms with Crippen molar-refractivity contribution in [2.24, 2.45) is 0 Å². The highest BCUT2D eigenvalue weighted by Gasteiger charge is 2.32. The zero-order chi connectivity index (χ0) is 13.5. The largest absolute Gasteiger partial charge is 0.433 e. The number of pyridine rings is 2. The standard InChI is InChI=1S/C13H8F3N3/c14-13(15,16)11-3-1-9(7-18-11)10-2-4-12-17-5-6-19(12)8-10/h1-8H. The molecule has 0 N–H and O–H groups in total. The molecule has 3 heterocycles. The summed E-state index contributed by atoms with van der Waals surface area (Å²) in [5.74, 6) is 0. The molecule has 0 aromatic carbocycles. The SMILES string of the molecule is FC(F)(F)c1ccc(-c2ccc3nccn3c2)cn1. The maximum atomic E-state index is 12.4. The molecule has 0 atom stereocenters.